The first kappa shape index (κ1) is 19.8. The largest absolute Gasteiger partial charge is 0.329 e. The quantitative estimate of drug-likeness (QED) is 0.582. The third kappa shape index (κ3) is 11.9. The lowest BCUT2D eigenvalue weighted by Gasteiger charge is -2.30. The standard InChI is InChI=1S/C13H27N3.C2H6/c1-6-7-12(2,3)15-10-8-13(4,5)16-11-9-14;1-2/h1,15-16H,7-11,14H2,2-5H3;1-2H3. The summed E-state index contributed by atoms with van der Waals surface area (Å²) in [5.74, 6) is 2.70. The van der Waals surface area contributed by atoms with E-state index >= 15 is 0 Å². The van der Waals surface area contributed by atoms with Crippen LogP contribution in [-0.2, 0) is 0 Å². The molecule has 0 rings (SSSR count). The minimum Gasteiger partial charge on any atom is -0.329 e. The van der Waals surface area contributed by atoms with Crippen molar-refractivity contribution in [2.75, 3.05) is 19.6 Å². The van der Waals surface area contributed by atoms with Crippen molar-refractivity contribution >= 4 is 0 Å². The van der Waals surface area contributed by atoms with Crippen molar-refractivity contribution in [2.45, 2.75) is 65.5 Å². The molecule has 0 aliphatic rings. The highest BCUT2D eigenvalue weighted by molar-refractivity contribution is 4.95. The smallest absolute Gasteiger partial charge is 0.0264 e. The van der Waals surface area contributed by atoms with Gasteiger partial charge in [0.05, 0.1) is 0 Å². The fourth-order valence-corrected chi connectivity index (χ4v) is 1.53. The van der Waals surface area contributed by atoms with Gasteiger partial charge in [0.2, 0.25) is 0 Å². The molecule has 0 aromatic carbocycles. The molecular weight excluding hydrogens is 222 g/mol. The Kier molecular flexibility index (Phi) is 11.4. The summed E-state index contributed by atoms with van der Waals surface area (Å²) in [4.78, 5) is 0. The van der Waals surface area contributed by atoms with E-state index in [4.69, 9.17) is 12.2 Å². The van der Waals surface area contributed by atoms with E-state index in [0.717, 1.165) is 25.9 Å². The Bertz CT molecular complexity index is 226. The molecule has 108 valence electrons. The van der Waals surface area contributed by atoms with Crippen LogP contribution < -0.4 is 16.4 Å². The van der Waals surface area contributed by atoms with Crippen molar-refractivity contribution in [3.8, 4) is 12.3 Å². The second-order valence-electron chi connectivity index (χ2n) is 5.54. The monoisotopic (exact) mass is 255 g/mol. The summed E-state index contributed by atoms with van der Waals surface area (Å²) in [5, 5.41) is 6.90. The first-order chi connectivity index (χ1) is 8.33. The lowest BCUT2D eigenvalue weighted by Crippen LogP contribution is -2.47. The van der Waals surface area contributed by atoms with E-state index in [2.05, 4.69) is 44.2 Å². The number of hydrogen-bond acceptors (Lipinski definition) is 3. The van der Waals surface area contributed by atoms with Gasteiger partial charge in [0, 0.05) is 30.6 Å². The van der Waals surface area contributed by atoms with Crippen molar-refractivity contribution in [3.63, 3.8) is 0 Å². The molecular formula is C15H33N3. The fourth-order valence-electron chi connectivity index (χ4n) is 1.53. The van der Waals surface area contributed by atoms with Crippen LogP contribution in [0.4, 0.5) is 0 Å². The van der Waals surface area contributed by atoms with Crippen molar-refractivity contribution in [2.24, 2.45) is 5.73 Å². The van der Waals surface area contributed by atoms with Gasteiger partial charge in [-0.25, -0.2) is 0 Å². The molecule has 0 saturated heterocycles. The predicted molar refractivity (Wildman–Crippen MR) is 82.6 cm³/mol. The van der Waals surface area contributed by atoms with Gasteiger partial charge in [-0.15, -0.1) is 12.3 Å². The van der Waals surface area contributed by atoms with Gasteiger partial charge >= 0.3 is 0 Å². The van der Waals surface area contributed by atoms with Crippen LogP contribution in [0.15, 0.2) is 0 Å². The van der Waals surface area contributed by atoms with Gasteiger partial charge in [0.25, 0.3) is 0 Å². The zero-order valence-electron chi connectivity index (χ0n) is 13.2. The number of rotatable bonds is 8. The second kappa shape index (κ2) is 10.4. The van der Waals surface area contributed by atoms with Crippen molar-refractivity contribution < 1.29 is 0 Å². The molecule has 0 aromatic rings. The molecule has 0 spiro atoms. The van der Waals surface area contributed by atoms with Crippen LogP contribution in [0.2, 0.25) is 0 Å². The summed E-state index contributed by atoms with van der Waals surface area (Å²) >= 11 is 0. The van der Waals surface area contributed by atoms with Crippen LogP contribution in [0.25, 0.3) is 0 Å². The van der Waals surface area contributed by atoms with E-state index in [9.17, 15) is 0 Å². The van der Waals surface area contributed by atoms with Gasteiger partial charge < -0.3 is 16.4 Å². The van der Waals surface area contributed by atoms with Crippen LogP contribution in [0.5, 0.6) is 0 Å². The highest BCUT2D eigenvalue weighted by atomic mass is 15.0. The highest BCUT2D eigenvalue weighted by Crippen LogP contribution is 2.10. The number of nitrogens with two attached hydrogens (primary N) is 1. The Morgan fingerprint density at radius 2 is 1.50 bits per heavy atom. The third-order valence-corrected chi connectivity index (χ3v) is 2.65. The molecule has 0 aliphatic carbocycles. The van der Waals surface area contributed by atoms with Gasteiger partial charge in [0.1, 0.15) is 0 Å². The first-order valence-electron chi connectivity index (χ1n) is 6.96. The van der Waals surface area contributed by atoms with E-state index in [1.807, 2.05) is 13.8 Å². The summed E-state index contributed by atoms with van der Waals surface area (Å²) in [6.45, 7) is 15.1. The Labute approximate surface area is 114 Å². The lowest BCUT2D eigenvalue weighted by atomic mass is 9.97. The summed E-state index contributed by atoms with van der Waals surface area (Å²) < 4.78 is 0. The second-order valence-corrected chi connectivity index (χ2v) is 5.54. The molecule has 0 radical (unpaired) electrons. The van der Waals surface area contributed by atoms with Crippen LogP contribution >= 0.6 is 0 Å². The molecule has 18 heavy (non-hydrogen) atoms. The summed E-state index contributed by atoms with van der Waals surface area (Å²) in [5.41, 5.74) is 5.62. The minimum absolute atomic E-state index is 0.0265. The van der Waals surface area contributed by atoms with E-state index in [-0.39, 0.29) is 11.1 Å². The molecule has 0 amide bonds. The maximum Gasteiger partial charge on any atom is 0.0264 e. The maximum atomic E-state index is 5.47. The van der Waals surface area contributed by atoms with Gasteiger partial charge in [-0.1, -0.05) is 13.8 Å². The van der Waals surface area contributed by atoms with Crippen LogP contribution in [0.3, 0.4) is 0 Å². The zero-order chi connectivity index (χ0) is 14.7. The molecule has 0 saturated carbocycles. The Morgan fingerprint density at radius 1 is 1.00 bits per heavy atom. The normalized spacial score (nSPS) is 11.4. The van der Waals surface area contributed by atoms with E-state index < -0.39 is 0 Å². The fraction of sp³-hybridized carbons (Fsp3) is 0.867. The number of terminal acetylenes is 1. The van der Waals surface area contributed by atoms with Gasteiger partial charge in [-0.05, 0) is 40.7 Å². The summed E-state index contributed by atoms with van der Waals surface area (Å²) in [6, 6.07) is 0. The van der Waals surface area contributed by atoms with Gasteiger partial charge in [0.15, 0.2) is 0 Å². The molecule has 0 aliphatic heterocycles. The van der Waals surface area contributed by atoms with E-state index in [1.54, 1.807) is 0 Å². The third-order valence-electron chi connectivity index (χ3n) is 2.65. The average Bonchev–Trinajstić information content (AvgIpc) is 2.28. The topological polar surface area (TPSA) is 50.1 Å². The van der Waals surface area contributed by atoms with Crippen LogP contribution in [-0.4, -0.2) is 30.7 Å². The highest BCUT2D eigenvalue weighted by Gasteiger charge is 2.19. The summed E-state index contributed by atoms with van der Waals surface area (Å²) in [7, 11) is 0. The molecule has 0 heterocycles. The Hall–Kier alpha value is -0.560. The summed E-state index contributed by atoms with van der Waals surface area (Å²) in [6.07, 6.45) is 7.13. The van der Waals surface area contributed by atoms with Gasteiger partial charge in [-0.3, -0.25) is 0 Å². The molecule has 0 atom stereocenters. The zero-order valence-corrected chi connectivity index (χ0v) is 13.2. The molecule has 0 fully saturated rings. The lowest BCUT2D eigenvalue weighted by molar-refractivity contribution is 0.323. The number of hydrogen-bond donors (Lipinski definition) is 3. The predicted octanol–water partition coefficient (Wildman–Crippen LogP) is 2.12. The average molecular weight is 255 g/mol. The molecule has 3 heteroatoms. The first-order valence-corrected chi connectivity index (χ1v) is 6.96. The molecule has 0 aromatic heterocycles. The Balaban J connectivity index is 0. The van der Waals surface area contributed by atoms with Crippen molar-refractivity contribution in [3.05, 3.63) is 0 Å². The number of nitrogens with one attached hydrogen (secondary N) is 2. The minimum atomic E-state index is 0.0265. The van der Waals surface area contributed by atoms with Crippen LogP contribution in [0, 0.1) is 12.3 Å². The molecule has 4 N–H and O–H groups in total. The molecule has 3 nitrogen and oxygen atoms in total. The molecule has 0 unspecified atom stereocenters. The maximum absolute atomic E-state index is 5.47. The Morgan fingerprint density at radius 3 is 1.94 bits per heavy atom. The van der Waals surface area contributed by atoms with E-state index in [0.29, 0.717) is 6.54 Å². The SMILES string of the molecule is C#CCC(C)(C)NCCC(C)(C)NCCN.CC. The van der Waals surface area contributed by atoms with Crippen LogP contribution in [0.1, 0.15) is 54.4 Å². The van der Waals surface area contributed by atoms with E-state index in [1.165, 1.54) is 0 Å². The van der Waals surface area contributed by atoms with Crippen molar-refractivity contribution in [1.82, 2.24) is 10.6 Å². The van der Waals surface area contributed by atoms with Crippen molar-refractivity contribution in [1.29, 1.82) is 0 Å². The molecule has 0 bridgehead atoms. The van der Waals surface area contributed by atoms with Gasteiger partial charge in [-0.2, -0.15) is 0 Å².